The number of hydrogen-bond acceptors (Lipinski definition) is 5. The predicted octanol–water partition coefficient (Wildman–Crippen LogP) is 2.93. The summed E-state index contributed by atoms with van der Waals surface area (Å²) < 4.78 is 2.03. The van der Waals surface area contributed by atoms with Gasteiger partial charge in [0.1, 0.15) is 5.82 Å². The Morgan fingerprint density at radius 3 is 2.52 bits per heavy atom. The van der Waals surface area contributed by atoms with Crippen LogP contribution < -0.4 is 0 Å². The van der Waals surface area contributed by atoms with Crippen molar-refractivity contribution in [3.05, 3.63) is 42.2 Å². The Hall–Kier alpha value is -2.60. The second-order valence-corrected chi connectivity index (χ2v) is 7.40. The lowest BCUT2D eigenvalue weighted by atomic mass is 10.1. The summed E-state index contributed by atoms with van der Waals surface area (Å²) in [6.45, 7) is 6.04. The number of carbonyl (C=O) groups excluding carboxylic acids is 1. The summed E-state index contributed by atoms with van der Waals surface area (Å²) in [5.74, 6) is 1.18. The van der Waals surface area contributed by atoms with E-state index in [1.54, 1.807) is 0 Å². The van der Waals surface area contributed by atoms with Crippen LogP contribution in [-0.2, 0) is 18.3 Å². The predicted molar refractivity (Wildman–Crippen MR) is 105 cm³/mol. The van der Waals surface area contributed by atoms with Crippen LogP contribution in [0.1, 0.15) is 31.3 Å². The Kier molecular flexibility index (Phi) is 4.74. The fraction of sp³-hybridized carbons (Fsp3) is 0.429. The number of rotatable bonds is 5. The smallest absolute Gasteiger partial charge is 0.155 e. The first-order valence-corrected chi connectivity index (χ1v) is 9.53. The molecule has 1 fully saturated rings. The minimum absolute atomic E-state index is 0.0320. The monoisotopic (exact) mass is 363 g/mol. The van der Waals surface area contributed by atoms with Crippen LogP contribution in [0.2, 0.25) is 0 Å². The van der Waals surface area contributed by atoms with Gasteiger partial charge in [-0.1, -0.05) is 0 Å². The molecule has 4 heterocycles. The number of ketones is 1. The molecule has 3 aromatic heterocycles. The molecule has 1 atom stereocenters. The third-order valence-corrected chi connectivity index (χ3v) is 5.65. The van der Waals surface area contributed by atoms with Gasteiger partial charge in [-0.2, -0.15) is 0 Å². The number of fused-ring (bicyclic) bond motifs is 1. The number of Topliss-reactive ketones (excluding diaryl/α,β-unsaturated/α-hetero) is 1. The highest BCUT2D eigenvalue weighted by molar-refractivity contribution is 5.88. The van der Waals surface area contributed by atoms with E-state index in [0.717, 1.165) is 46.8 Å². The van der Waals surface area contributed by atoms with E-state index in [4.69, 9.17) is 0 Å². The molecule has 140 valence electrons. The molecule has 3 aromatic rings. The van der Waals surface area contributed by atoms with Crippen LogP contribution in [0.5, 0.6) is 0 Å². The van der Waals surface area contributed by atoms with Crippen LogP contribution in [0.4, 0.5) is 0 Å². The maximum atomic E-state index is 12.7. The van der Waals surface area contributed by atoms with E-state index in [9.17, 15) is 4.79 Å². The molecule has 0 spiro atoms. The third kappa shape index (κ3) is 3.49. The number of imidazole rings is 1. The average molecular weight is 363 g/mol. The molecule has 6 heteroatoms. The van der Waals surface area contributed by atoms with Gasteiger partial charge >= 0.3 is 0 Å². The molecular weight excluding hydrogens is 338 g/mol. The molecule has 1 saturated heterocycles. The van der Waals surface area contributed by atoms with Crippen LogP contribution in [0.15, 0.2) is 30.7 Å². The number of aromatic nitrogens is 4. The molecule has 1 aliphatic rings. The van der Waals surface area contributed by atoms with E-state index in [2.05, 4.69) is 19.9 Å². The summed E-state index contributed by atoms with van der Waals surface area (Å²) in [7, 11) is 1.99. The van der Waals surface area contributed by atoms with Crippen molar-refractivity contribution in [3.8, 4) is 11.4 Å². The zero-order valence-electron chi connectivity index (χ0n) is 16.1. The van der Waals surface area contributed by atoms with Crippen molar-refractivity contribution in [1.82, 2.24) is 24.4 Å². The van der Waals surface area contributed by atoms with E-state index in [1.165, 1.54) is 12.8 Å². The largest absolute Gasteiger partial charge is 0.330 e. The molecule has 0 N–H and O–H groups in total. The number of carbonyl (C=O) groups is 1. The third-order valence-electron chi connectivity index (χ3n) is 5.65. The topological polar surface area (TPSA) is 63.9 Å². The van der Waals surface area contributed by atoms with E-state index >= 15 is 0 Å². The average Bonchev–Trinajstić information content (AvgIpc) is 3.31. The van der Waals surface area contributed by atoms with Gasteiger partial charge in [-0.25, -0.2) is 4.98 Å². The summed E-state index contributed by atoms with van der Waals surface area (Å²) in [6, 6.07) is 4.03. The molecule has 0 saturated carbocycles. The fourth-order valence-corrected chi connectivity index (χ4v) is 3.72. The summed E-state index contributed by atoms with van der Waals surface area (Å²) in [6.07, 6.45) is 8.23. The van der Waals surface area contributed by atoms with Crippen LogP contribution in [-0.4, -0.2) is 49.3 Å². The molecule has 27 heavy (non-hydrogen) atoms. The fourth-order valence-electron chi connectivity index (χ4n) is 3.72. The summed E-state index contributed by atoms with van der Waals surface area (Å²) in [5.41, 5.74) is 2.67. The summed E-state index contributed by atoms with van der Waals surface area (Å²) in [5, 5.41) is 2.02. The molecule has 1 aliphatic heterocycles. The molecule has 0 aromatic carbocycles. The molecule has 0 amide bonds. The van der Waals surface area contributed by atoms with Gasteiger partial charge in [-0.05, 0) is 57.3 Å². The number of pyridine rings is 2. The quantitative estimate of drug-likeness (QED) is 0.697. The van der Waals surface area contributed by atoms with Crippen LogP contribution in [0, 0.1) is 6.92 Å². The number of likely N-dealkylation sites (tertiary alicyclic amines) is 1. The van der Waals surface area contributed by atoms with Crippen molar-refractivity contribution in [1.29, 1.82) is 0 Å². The zero-order chi connectivity index (χ0) is 19.0. The second kappa shape index (κ2) is 7.19. The van der Waals surface area contributed by atoms with E-state index in [0.29, 0.717) is 6.42 Å². The Bertz CT molecular complexity index is 987. The van der Waals surface area contributed by atoms with Gasteiger partial charge in [0.15, 0.2) is 5.78 Å². The van der Waals surface area contributed by atoms with E-state index in [-0.39, 0.29) is 11.8 Å². The maximum absolute atomic E-state index is 12.7. The standard InChI is InChI=1S/C21H25N5O/c1-14(26-6-4-5-7-26)21(27)10-18-8-16-9-19(24-12-17(16)11-23-18)20-13-22-15(2)25(20)3/h8-9,11-14H,4-7,10H2,1-3H3. The van der Waals surface area contributed by atoms with Gasteiger partial charge in [0.05, 0.1) is 30.0 Å². The van der Waals surface area contributed by atoms with E-state index in [1.807, 2.05) is 56.2 Å². The van der Waals surface area contributed by atoms with Crippen molar-refractivity contribution in [2.24, 2.45) is 7.05 Å². The van der Waals surface area contributed by atoms with E-state index < -0.39 is 0 Å². The van der Waals surface area contributed by atoms with Gasteiger partial charge in [-0.15, -0.1) is 0 Å². The van der Waals surface area contributed by atoms with Crippen LogP contribution in [0.3, 0.4) is 0 Å². The molecule has 4 rings (SSSR count). The Balaban J connectivity index is 1.59. The minimum atomic E-state index is -0.0320. The zero-order valence-corrected chi connectivity index (χ0v) is 16.1. The SMILES string of the molecule is Cc1ncc(-c2cc3cc(CC(=O)C(C)N4CCCC4)ncc3cn2)n1C. The van der Waals surface area contributed by atoms with Crippen LogP contribution >= 0.6 is 0 Å². The first-order chi connectivity index (χ1) is 13.0. The highest BCUT2D eigenvalue weighted by Gasteiger charge is 2.24. The van der Waals surface area contributed by atoms with Crippen LogP contribution in [0.25, 0.3) is 22.2 Å². The minimum Gasteiger partial charge on any atom is -0.330 e. The Morgan fingerprint density at radius 2 is 1.81 bits per heavy atom. The van der Waals surface area contributed by atoms with Crippen molar-refractivity contribution < 1.29 is 4.79 Å². The first kappa shape index (κ1) is 17.8. The Labute approximate surface area is 159 Å². The highest BCUT2D eigenvalue weighted by Crippen LogP contribution is 2.23. The summed E-state index contributed by atoms with van der Waals surface area (Å²) in [4.78, 5) is 28.3. The number of nitrogens with zero attached hydrogens (tertiary/aromatic N) is 5. The number of hydrogen-bond donors (Lipinski definition) is 0. The van der Waals surface area contributed by atoms with Crippen molar-refractivity contribution >= 4 is 16.6 Å². The van der Waals surface area contributed by atoms with Gasteiger partial charge in [0.2, 0.25) is 0 Å². The van der Waals surface area contributed by atoms with Crippen molar-refractivity contribution in [2.75, 3.05) is 13.1 Å². The first-order valence-electron chi connectivity index (χ1n) is 9.53. The maximum Gasteiger partial charge on any atom is 0.155 e. The summed E-state index contributed by atoms with van der Waals surface area (Å²) >= 11 is 0. The highest BCUT2D eigenvalue weighted by atomic mass is 16.1. The molecule has 0 bridgehead atoms. The van der Waals surface area contributed by atoms with Gasteiger partial charge in [0, 0.05) is 30.5 Å². The molecule has 0 radical (unpaired) electrons. The molecular formula is C21H25N5O. The van der Waals surface area contributed by atoms with Crippen molar-refractivity contribution in [3.63, 3.8) is 0 Å². The van der Waals surface area contributed by atoms with Gasteiger partial charge < -0.3 is 4.57 Å². The van der Waals surface area contributed by atoms with Gasteiger partial charge in [-0.3, -0.25) is 19.7 Å². The van der Waals surface area contributed by atoms with Crippen molar-refractivity contribution in [2.45, 2.75) is 39.2 Å². The normalized spacial score (nSPS) is 16.1. The lowest BCUT2D eigenvalue weighted by molar-refractivity contribution is -0.122. The lowest BCUT2D eigenvalue weighted by Crippen LogP contribution is -2.37. The van der Waals surface area contributed by atoms with Gasteiger partial charge in [0.25, 0.3) is 0 Å². The lowest BCUT2D eigenvalue weighted by Gasteiger charge is -2.22. The molecule has 6 nitrogen and oxygen atoms in total. The second-order valence-electron chi connectivity index (χ2n) is 7.40. The molecule has 1 unspecified atom stereocenters. The number of aryl methyl sites for hydroxylation is 1. The molecule has 0 aliphatic carbocycles. The Morgan fingerprint density at radius 1 is 1.07 bits per heavy atom.